The lowest BCUT2D eigenvalue weighted by molar-refractivity contribution is -0.146. The fourth-order valence-electron chi connectivity index (χ4n) is 3.90. The lowest BCUT2D eigenvalue weighted by Gasteiger charge is -2.25. The fourth-order valence-corrected chi connectivity index (χ4v) is 3.90. The van der Waals surface area contributed by atoms with Crippen LogP contribution in [-0.2, 0) is 32.3 Å². The Balaban J connectivity index is 1.88. The molecule has 162 valence electrons. The van der Waals surface area contributed by atoms with Gasteiger partial charge < -0.3 is 20.1 Å². The Kier molecular flexibility index (Phi) is 5.78. The first-order valence-electron chi connectivity index (χ1n) is 10.4. The first-order chi connectivity index (χ1) is 14.9. The van der Waals surface area contributed by atoms with E-state index in [1.165, 1.54) is 18.2 Å². The second-order valence-electron chi connectivity index (χ2n) is 7.99. The topological polar surface area (TPSA) is 76.7 Å². The number of benzene rings is 2. The van der Waals surface area contributed by atoms with Crippen molar-refractivity contribution in [3.63, 3.8) is 0 Å². The van der Waals surface area contributed by atoms with E-state index in [4.69, 9.17) is 9.47 Å². The lowest BCUT2D eigenvalue weighted by Crippen LogP contribution is -2.41. The Morgan fingerprint density at radius 1 is 1.19 bits per heavy atom. The molecule has 1 atom stereocenters. The van der Waals surface area contributed by atoms with Gasteiger partial charge >= 0.3 is 5.97 Å². The van der Waals surface area contributed by atoms with Gasteiger partial charge in [-0.25, -0.2) is 9.18 Å². The highest BCUT2D eigenvalue weighted by Gasteiger charge is 2.32. The van der Waals surface area contributed by atoms with Crippen molar-refractivity contribution in [1.82, 2.24) is 5.32 Å². The molecule has 2 N–H and O–H groups in total. The molecule has 7 heteroatoms. The molecular formula is C24H25FN2O4. The minimum absolute atomic E-state index is 0.108. The van der Waals surface area contributed by atoms with E-state index in [1.54, 1.807) is 6.92 Å². The SMILES string of the molecule is CCOC(=O)C(NC(=C1C(=O)Nc2ccc(F)cc21)c1ccc2c(c1)COC2)C(C)C. The third-order valence-corrected chi connectivity index (χ3v) is 5.49. The van der Waals surface area contributed by atoms with E-state index in [0.29, 0.717) is 35.7 Å². The maximum atomic E-state index is 14.1. The number of carbonyl (C=O) groups excluding carboxylic acids is 2. The van der Waals surface area contributed by atoms with Crippen LogP contribution in [0.25, 0.3) is 11.3 Å². The second kappa shape index (κ2) is 8.51. The van der Waals surface area contributed by atoms with E-state index in [9.17, 15) is 14.0 Å². The molecule has 6 nitrogen and oxygen atoms in total. The summed E-state index contributed by atoms with van der Waals surface area (Å²) in [6.07, 6.45) is 0. The molecule has 0 saturated heterocycles. The minimum atomic E-state index is -0.683. The van der Waals surface area contributed by atoms with Gasteiger partial charge in [-0.3, -0.25) is 4.79 Å². The molecule has 0 aromatic heterocycles. The smallest absolute Gasteiger partial charge is 0.328 e. The monoisotopic (exact) mass is 424 g/mol. The van der Waals surface area contributed by atoms with E-state index in [0.717, 1.165) is 16.7 Å². The summed E-state index contributed by atoms with van der Waals surface area (Å²) in [7, 11) is 0. The number of hydrogen-bond donors (Lipinski definition) is 2. The van der Waals surface area contributed by atoms with Crippen LogP contribution in [0.1, 0.15) is 43.0 Å². The molecule has 0 bridgehead atoms. The number of amides is 1. The molecule has 2 heterocycles. The van der Waals surface area contributed by atoms with Crippen molar-refractivity contribution in [1.29, 1.82) is 0 Å². The van der Waals surface area contributed by atoms with Crippen LogP contribution < -0.4 is 10.6 Å². The van der Waals surface area contributed by atoms with Gasteiger partial charge in [-0.2, -0.15) is 0 Å². The molecule has 1 unspecified atom stereocenters. The summed E-state index contributed by atoms with van der Waals surface area (Å²) >= 11 is 0. The summed E-state index contributed by atoms with van der Waals surface area (Å²) in [5, 5.41) is 6.05. The van der Waals surface area contributed by atoms with E-state index in [1.807, 2.05) is 32.0 Å². The fraction of sp³-hybridized carbons (Fsp3) is 0.333. The Bertz CT molecular complexity index is 1080. The summed E-state index contributed by atoms with van der Waals surface area (Å²) in [6.45, 7) is 6.82. The number of rotatable bonds is 6. The molecule has 0 saturated carbocycles. The van der Waals surface area contributed by atoms with Crippen LogP contribution in [0.4, 0.5) is 10.1 Å². The van der Waals surface area contributed by atoms with Gasteiger partial charge in [0, 0.05) is 11.3 Å². The number of ether oxygens (including phenoxy) is 2. The molecule has 4 rings (SSSR count). The van der Waals surface area contributed by atoms with Crippen molar-refractivity contribution < 1.29 is 23.5 Å². The van der Waals surface area contributed by atoms with Crippen LogP contribution in [0.15, 0.2) is 36.4 Å². The van der Waals surface area contributed by atoms with Crippen molar-refractivity contribution >= 4 is 28.8 Å². The molecule has 0 radical (unpaired) electrons. The van der Waals surface area contributed by atoms with Gasteiger partial charge in [-0.15, -0.1) is 0 Å². The summed E-state index contributed by atoms with van der Waals surface area (Å²) < 4.78 is 24.8. The average molecular weight is 424 g/mol. The number of carbonyl (C=O) groups is 2. The van der Waals surface area contributed by atoms with Crippen molar-refractivity contribution in [3.05, 3.63) is 64.5 Å². The highest BCUT2D eigenvalue weighted by molar-refractivity contribution is 6.36. The van der Waals surface area contributed by atoms with E-state index >= 15 is 0 Å². The zero-order valence-corrected chi connectivity index (χ0v) is 17.8. The zero-order chi connectivity index (χ0) is 22.1. The quantitative estimate of drug-likeness (QED) is 0.544. The standard InChI is InChI=1S/C24H25FN2O4/c1-4-31-24(29)21(13(2)3)27-22(14-5-6-15-11-30-12-16(15)9-14)20-18-10-17(25)7-8-19(18)26-23(20)28/h5-10,13,21,27H,4,11-12H2,1-3H3,(H,26,28). The van der Waals surface area contributed by atoms with Crippen LogP contribution >= 0.6 is 0 Å². The average Bonchev–Trinajstić information content (AvgIpc) is 3.32. The number of anilines is 1. The number of esters is 1. The summed E-state index contributed by atoms with van der Waals surface area (Å²) in [4.78, 5) is 25.6. The zero-order valence-electron chi connectivity index (χ0n) is 17.8. The molecular weight excluding hydrogens is 399 g/mol. The largest absolute Gasteiger partial charge is 0.464 e. The van der Waals surface area contributed by atoms with Crippen LogP contribution in [0.5, 0.6) is 0 Å². The third kappa shape index (κ3) is 4.05. The third-order valence-electron chi connectivity index (χ3n) is 5.49. The Morgan fingerprint density at radius 2 is 1.97 bits per heavy atom. The summed E-state index contributed by atoms with van der Waals surface area (Å²) in [5.74, 6) is -1.31. The van der Waals surface area contributed by atoms with Crippen molar-refractivity contribution in [2.75, 3.05) is 11.9 Å². The maximum absolute atomic E-state index is 14.1. The number of nitrogens with one attached hydrogen (secondary N) is 2. The van der Waals surface area contributed by atoms with Crippen LogP contribution in [-0.4, -0.2) is 24.5 Å². The Labute approximate surface area is 180 Å². The van der Waals surface area contributed by atoms with Crippen molar-refractivity contribution in [3.8, 4) is 0 Å². The second-order valence-corrected chi connectivity index (χ2v) is 7.99. The molecule has 2 aliphatic heterocycles. The molecule has 0 aliphatic carbocycles. The van der Waals surface area contributed by atoms with Crippen LogP contribution in [0.2, 0.25) is 0 Å². The van der Waals surface area contributed by atoms with Gasteiger partial charge in [0.25, 0.3) is 5.91 Å². The summed E-state index contributed by atoms with van der Waals surface area (Å²) in [6, 6.07) is 9.27. The lowest BCUT2D eigenvalue weighted by atomic mass is 9.95. The Morgan fingerprint density at radius 3 is 2.71 bits per heavy atom. The van der Waals surface area contributed by atoms with Gasteiger partial charge in [0.05, 0.1) is 31.1 Å². The van der Waals surface area contributed by atoms with Crippen LogP contribution in [0, 0.1) is 11.7 Å². The van der Waals surface area contributed by atoms with Crippen LogP contribution in [0.3, 0.4) is 0 Å². The van der Waals surface area contributed by atoms with Crippen molar-refractivity contribution in [2.45, 2.75) is 40.0 Å². The van der Waals surface area contributed by atoms with Crippen molar-refractivity contribution in [2.24, 2.45) is 5.92 Å². The molecule has 0 fully saturated rings. The number of fused-ring (bicyclic) bond motifs is 2. The first-order valence-corrected chi connectivity index (χ1v) is 10.4. The maximum Gasteiger partial charge on any atom is 0.328 e. The molecule has 2 aromatic rings. The Hall–Kier alpha value is -3.19. The van der Waals surface area contributed by atoms with Gasteiger partial charge in [-0.1, -0.05) is 26.0 Å². The van der Waals surface area contributed by atoms with Gasteiger partial charge in [0.15, 0.2) is 0 Å². The predicted molar refractivity (Wildman–Crippen MR) is 115 cm³/mol. The number of halogens is 1. The van der Waals surface area contributed by atoms with Gasteiger partial charge in [-0.05, 0) is 53.8 Å². The number of hydrogen-bond acceptors (Lipinski definition) is 5. The molecule has 1 amide bonds. The van der Waals surface area contributed by atoms with E-state index < -0.39 is 17.8 Å². The highest BCUT2D eigenvalue weighted by Crippen LogP contribution is 2.37. The highest BCUT2D eigenvalue weighted by atomic mass is 19.1. The first kappa shape index (κ1) is 21.1. The van der Waals surface area contributed by atoms with E-state index in [2.05, 4.69) is 10.6 Å². The minimum Gasteiger partial charge on any atom is -0.464 e. The van der Waals surface area contributed by atoms with Gasteiger partial charge in [0.1, 0.15) is 11.9 Å². The summed E-state index contributed by atoms with van der Waals surface area (Å²) in [5.41, 5.74) is 4.57. The van der Waals surface area contributed by atoms with E-state index in [-0.39, 0.29) is 18.4 Å². The molecule has 2 aromatic carbocycles. The normalized spacial score (nSPS) is 17.1. The molecule has 2 aliphatic rings. The van der Waals surface area contributed by atoms with Gasteiger partial charge in [0.2, 0.25) is 0 Å². The molecule has 0 spiro atoms. The predicted octanol–water partition coefficient (Wildman–Crippen LogP) is 3.85. The molecule has 31 heavy (non-hydrogen) atoms.